The number of anilines is 1. The SMILES string of the molecule is Cc1ccccc1NC(=O)CSc1nnc(-c2cccc(S(=O)(=O)N3CCOCC3)c2)o1. The smallest absolute Gasteiger partial charge is 0.277 e. The maximum atomic E-state index is 12.9. The summed E-state index contributed by atoms with van der Waals surface area (Å²) in [5.74, 6) is 0.0926. The van der Waals surface area contributed by atoms with Crippen LogP contribution in [0.4, 0.5) is 5.69 Å². The van der Waals surface area contributed by atoms with E-state index in [9.17, 15) is 13.2 Å². The van der Waals surface area contributed by atoms with Crippen molar-refractivity contribution in [1.82, 2.24) is 14.5 Å². The normalized spacial score (nSPS) is 14.9. The molecule has 0 saturated carbocycles. The molecule has 168 valence electrons. The molecule has 4 rings (SSSR count). The van der Waals surface area contributed by atoms with Gasteiger partial charge in [0.2, 0.25) is 21.8 Å². The second-order valence-corrected chi connectivity index (χ2v) is 9.93. The van der Waals surface area contributed by atoms with E-state index >= 15 is 0 Å². The fourth-order valence-corrected chi connectivity index (χ4v) is 5.15. The zero-order valence-electron chi connectivity index (χ0n) is 17.4. The highest BCUT2D eigenvalue weighted by molar-refractivity contribution is 7.99. The van der Waals surface area contributed by atoms with Gasteiger partial charge in [-0.15, -0.1) is 10.2 Å². The minimum Gasteiger partial charge on any atom is -0.411 e. The highest BCUT2D eigenvalue weighted by Gasteiger charge is 2.27. The third-order valence-electron chi connectivity index (χ3n) is 4.84. The maximum Gasteiger partial charge on any atom is 0.277 e. The number of ether oxygens (including phenoxy) is 1. The number of nitrogens with one attached hydrogen (secondary N) is 1. The molecule has 11 heteroatoms. The molecule has 0 aliphatic carbocycles. The standard InChI is InChI=1S/C21H22N4O5S2/c1-15-5-2-3-8-18(15)22-19(26)14-31-21-24-23-20(30-21)16-6-4-7-17(13-16)32(27,28)25-9-11-29-12-10-25/h2-8,13H,9-12,14H2,1H3,(H,22,26). The molecule has 1 fully saturated rings. The number of hydrogen-bond donors (Lipinski definition) is 1. The van der Waals surface area contributed by atoms with Gasteiger partial charge in [0.1, 0.15) is 0 Å². The molecule has 2 heterocycles. The first-order chi connectivity index (χ1) is 15.4. The lowest BCUT2D eigenvalue weighted by molar-refractivity contribution is -0.113. The molecule has 1 amide bonds. The van der Waals surface area contributed by atoms with E-state index in [0.29, 0.717) is 31.9 Å². The number of aromatic nitrogens is 2. The molecule has 1 N–H and O–H groups in total. The van der Waals surface area contributed by atoms with Crippen molar-refractivity contribution < 1.29 is 22.4 Å². The van der Waals surface area contributed by atoms with E-state index in [1.807, 2.05) is 31.2 Å². The molecule has 9 nitrogen and oxygen atoms in total. The van der Waals surface area contributed by atoms with Crippen LogP contribution in [0.1, 0.15) is 5.56 Å². The van der Waals surface area contributed by atoms with Crippen molar-refractivity contribution in [2.45, 2.75) is 17.0 Å². The monoisotopic (exact) mass is 474 g/mol. The highest BCUT2D eigenvalue weighted by atomic mass is 32.2. The third kappa shape index (κ3) is 5.18. The van der Waals surface area contributed by atoms with Crippen molar-refractivity contribution in [2.24, 2.45) is 0 Å². The molecule has 0 bridgehead atoms. The van der Waals surface area contributed by atoms with Gasteiger partial charge < -0.3 is 14.5 Å². The number of nitrogens with zero attached hydrogens (tertiary/aromatic N) is 3. The average molecular weight is 475 g/mol. The Hall–Kier alpha value is -2.73. The van der Waals surface area contributed by atoms with Crippen LogP contribution in [0.2, 0.25) is 0 Å². The molecule has 0 atom stereocenters. The Bertz CT molecular complexity index is 1210. The fourth-order valence-electron chi connectivity index (χ4n) is 3.14. The van der Waals surface area contributed by atoms with Crippen molar-refractivity contribution in [3.05, 3.63) is 54.1 Å². The number of benzene rings is 2. The lowest BCUT2D eigenvalue weighted by atomic mass is 10.2. The van der Waals surface area contributed by atoms with Gasteiger partial charge >= 0.3 is 0 Å². The third-order valence-corrected chi connectivity index (χ3v) is 7.55. The number of carbonyl (C=O) groups is 1. The Morgan fingerprint density at radius 1 is 1.12 bits per heavy atom. The lowest BCUT2D eigenvalue weighted by Gasteiger charge is -2.26. The first-order valence-corrected chi connectivity index (χ1v) is 12.4. The van der Waals surface area contributed by atoms with Crippen molar-refractivity contribution in [1.29, 1.82) is 0 Å². The first kappa shape index (κ1) is 22.5. The van der Waals surface area contributed by atoms with Gasteiger partial charge in [-0.3, -0.25) is 4.79 Å². The van der Waals surface area contributed by atoms with Crippen molar-refractivity contribution in [2.75, 3.05) is 37.4 Å². The average Bonchev–Trinajstić information content (AvgIpc) is 3.29. The van der Waals surface area contributed by atoms with Gasteiger partial charge in [0.25, 0.3) is 5.22 Å². The van der Waals surface area contributed by atoms with Crippen LogP contribution in [-0.4, -0.2) is 60.9 Å². The van der Waals surface area contributed by atoms with E-state index in [4.69, 9.17) is 9.15 Å². The van der Waals surface area contributed by atoms with Gasteiger partial charge in [-0.2, -0.15) is 4.31 Å². The van der Waals surface area contributed by atoms with E-state index in [-0.39, 0.29) is 27.7 Å². The second-order valence-electron chi connectivity index (χ2n) is 7.07. The van der Waals surface area contributed by atoms with Crippen LogP contribution in [-0.2, 0) is 19.6 Å². The minimum absolute atomic E-state index is 0.0986. The summed E-state index contributed by atoms with van der Waals surface area (Å²) in [5, 5.41) is 11.0. The fraction of sp³-hybridized carbons (Fsp3) is 0.286. The van der Waals surface area contributed by atoms with E-state index in [2.05, 4.69) is 15.5 Å². The van der Waals surface area contributed by atoms with Gasteiger partial charge in [-0.25, -0.2) is 8.42 Å². The van der Waals surface area contributed by atoms with Crippen LogP contribution in [0.25, 0.3) is 11.5 Å². The number of amides is 1. The number of sulfonamides is 1. The molecule has 2 aromatic carbocycles. The summed E-state index contributed by atoms with van der Waals surface area (Å²) in [6, 6.07) is 13.9. The summed E-state index contributed by atoms with van der Waals surface area (Å²) < 4.78 is 38.0. The summed E-state index contributed by atoms with van der Waals surface area (Å²) in [5.41, 5.74) is 2.21. The Morgan fingerprint density at radius 2 is 1.91 bits per heavy atom. The van der Waals surface area contributed by atoms with Gasteiger partial charge in [-0.1, -0.05) is 36.0 Å². The van der Waals surface area contributed by atoms with Crippen molar-refractivity contribution in [3.8, 4) is 11.5 Å². The molecule has 0 unspecified atom stereocenters. The van der Waals surface area contributed by atoms with Crippen LogP contribution >= 0.6 is 11.8 Å². The Labute approximate surface area is 190 Å². The van der Waals surface area contributed by atoms with Crippen LogP contribution in [0.15, 0.2) is 63.1 Å². The summed E-state index contributed by atoms with van der Waals surface area (Å²) in [7, 11) is -3.64. The largest absolute Gasteiger partial charge is 0.411 e. The second kappa shape index (κ2) is 9.82. The Balaban J connectivity index is 1.42. The number of carbonyl (C=O) groups excluding carboxylic acids is 1. The molecule has 32 heavy (non-hydrogen) atoms. The quantitative estimate of drug-likeness (QED) is 0.520. The first-order valence-electron chi connectivity index (χ1n) is 9.93. The molecular weight excluding hydrogens is 452 g/mol. The molecule has 3 aromatic rings. The van der Waals surface area contributed by atoms with Crippen LogP contribution < -0.4 is 5.32 Å². The van der Waals surface area contributed by atoms with Crippen molar-refractivity contribution >= 4 is 33.4 Å². The number of para-hydroxylation sites is 1. The highest BCUT2D eigenvalue weighted by Crippen LogP contribution is 2.26. The number of hydrogen-bond acceptors (Lipinski definition) is 8. The summed E-state index contributed by atoms with van der Waals surface area (Å²) in [6.07, 6.45) is 0. The van der Waals surface area contributed by atoms with E-state index in [0.717, 1.165) is 23.0 Å². The predicted molar refractivity (Wildman–Crippen MR) is 120 cm³/mol. The summed E-state index contributed by atoms with van der Waals surface area (Å²) in [4.78, 5) is 12.4. The van der Waals surface area contributed by atoms with Crippen LogP contribution in [0.3, 0.4) is 0 Å². The zero-order valence-corrected chi connectivity index (χ0v) is 19.0. The Morgan fingerprint density at radius 3 is 2.69 bits per heavy atom. The molecule has 1 aliphatic rings. The van der Waals surface area contributed by atoms with Gasteiger partial charge in [0.05, 0.1) is 23.9 Å². The van der Waals surface area contributed by atoms with Crippen LogP contribution in [0, 0.1) is 6.92 Å². The minimum atomic E-state index is -3.64. The van der Waals surface area contributed by atoms with Gasteiger partial charge in [-0.05, 0) is 36.8 Å². The van der Waals surface area contributed by atoms with E-state index < -0.39 is 10.0 Å². The molecular formula is C21H22N4O5S2. The molecule has 0 radical (unpaired) electrons. The van der Waals surface area contributed by atoms with Crippen molar-refractivity contribution in [3.63, 3.8) is 0 Å². The number of thioether (sulfide) groups is 1. The van der Waals surface area contributed by atoms with Gasteiger partial charge in [0.15, 0.2) is 0 Å². The van der Waals surface area contributed by atoms with E-state index in [1.165, 1.54) is 16.4 Å². The zero-order chi connectivity index (χ0) is 22.6. The molecule has 1 aliphatic heterocycles. The summed E-state index contributed by atoms with van der Waals surface area (Å²) in [6.45, 7) is 3.30. The number of morpholine rings is 1. The molecule has 1 saturated heterocycles. The number of rotatable bonds is 7. The number of aryl methyl sites for hydroxylation is 1. The topological polar surface area (TPSA) is 115 Å². The van der Waals surface area contributed by atoms with Crippen LogP contribution in [0.5, 0.6) is 0 Å². The summed E-state index contributed by atoms with van der Waals surface area (Å²) >= 11 is 1.11. The predicted octanol–water partition coefficient (Wildman–Crippen LogP) is 2.80. The lowest BCUT2D eigenvalue weighted by Crippen LogP contribution is -2.40. The van der Waals surface area contributed by atoms with E-state index in [1.54, 1.807) is 12.1 Å². The molecule has 1 aromatic heterocycles. The molecule has 0 spiro atoms. The maximum absolute atomic E-state index is 12.9. The van der Waals surface area contributed by atoms with Gasteiger partial charge in [0, 0.05) is 24.3 Å². The Kier molecular flexibility index (Phi) is 6.89.